The zero-order valence-corrected chi connectivity index (χ0v) is 9.98. The van der Waals surface area contributed by atoms with E-state index in [1.807, 2.05) is 0 Å². The van der Waals surface area contributed by atoms with Crippen molar-refractivity contribution in [2.24, 2.45) is 0 Å². The Balaban J connectivity index is 2.24. The van der Waals surface area contributed by atoms with Crippen LogP contribution < -0.4 is 0 Å². The van der Waals surface area contributed by atoms with Gasteiger partial charge in [0, 0.05) is 19.7 Å². The van der Waals surface area contributed by atoms with Gasteiger partial charge in [0.15, 0.2) is 12.0 Å². The van der Waals surface area contributed by atoms with Crippen molar-refractivity contribution in [1.29, 1.82) is 0 Å². The summed E-state index contributed by atoms with van der Waals surface area (Å²) in [5.41, 5.74) is 0. The summed E-state index contributed by atoms with van der Waals surface area (Å²) in [6, 6.07) is 2.64. The third kappa shape index (κ3) is 2.56. The van der Waals surface area contributed by atoms with E-state index in [4.69, 9.17) is 9.15 Å². The Labute approximate surface area is 99.2 Å². The van der Waals surface area contributed by atoms with Crippen LogP contribution in [0.1, 0.15) is 17.0 Å². The van der Waals surface area contributed by atoms with Gasteiger partial charge in [-0.3, -0.25) is 4.79 Å². The van der Waals surface area contributed by atoms with Crippen molar-refractivity contribution in [3.05, 3.63) is 17.9 Å². The standard InChI is InChI=1S/C10H13NO5S/c12-8-9-2-3-10(16-9)17(13,14)11-4-1-6-15-7-5-11/h2-3,8H,1,4-7H2. The maximum absolute atomic E-state index is 12.1. The maximum atomic E-state index is 12.1. The van der Waals surface area contributed by atoms with Gasteiger partial charge in [0.2, 0.25) is 5.09 Å². The fraction of sp³-hybridized carbons (Fsp3) is 0.500. The van der Waals surface area contributed by atoms with Crippen molar-refractivity contribution in [2.75, 3.05) is 26.3 Å². The van der Waals surface area contributed by atoms with E-state index in [1.54, 1.807) is 0 Å². The fourth-order valence-electron chi connectivity index (χ4n) is 1.63. The van der Waals surface area contributed by atoms with Crippen molar-refractivity contribution in [3.63, 3.8) is 0 Å². The summed E-state index contributed by atoms with van der Waals surface area (Å²) in [4.78, 5) is 10.5. The molecule has 0 saturated carbocycles. The van der Waals surface area contributed by atoms with Crippen LogP contribution in [0.5, 0.6) is 0 Å². The lowest BCUT2D eigenvalue weighted by Crippen LogP contribution is -2.33. The lowest BCUT2D eigenvalue weighted by Gasteiger charge is -2.17. The molecule has 1 fully saturated rings. The molecule has 1 aliphatic rings. The first-order valence-electron chi connectivity index (χ1n) is 5.27. The Morgan fingerprint density at radius 3 is 2.76 bits per heavy atom. The average Bonchev–Trinajstić information content (AvgIpc) is 2.64. The fourth-order valence-corrected chi connectivity index (χ4v) is 3.01. The molecule has 0 aliphatic carbocycles. The first-order chi connectivity index (χ1) is 8.14. The summed E-state index contributed by atoms with van der Waals surface area (Å²) < 4.78 is 35.7. The quantitative estimate of drug-likeness (QED) is 0.739. The van der Waals surface area contributed by atoms with E-state index >= 15 is 0 Å². The highest BCUT2D eigenvalue weighted by Crippen LogP contribution is 2.19. The predicted octanol–water partition coefficient (Wildman–Crippen LogP) is 0.503. The molecule has 0 atom stereocenters. The molecular weight excluding hydrogens is 246 g/mol. The zero-order valence-electron chi connectivity index (χ0n) is 9.16. The monoisotopic (exact) mass is 259 g/mol. The molecule has 0 unspecified atom stereocenters. The minimum atomic E-state index is -3.65. The zero-order chi connectivity index (χ0) is 12.3. The molecule has 1 aliphatic heterocycles. The van der Waals surface area contributed by atoms with Gasteiger partial charge in [0.25, 0.3) is 10.0 Å². The van der Waals surface area contributed by atoms with Gasteiger partial charge < -0.3 is 9.15 Å². The summed E-state index contributed by atoms with van der Waals surface area (Å²) in [5.74, 6) is 0.00893. The number of sulfonamides is 1. The van der Waals surface area contributed by atoms with Gasteiger partial charge in [0.05, 0.1) is 6.61 Å². The summed E-state index contributed by atoms with van der Waals surface area (Å²) in [6.07, 6.45) is 1.13. The van der Waals surface area contributed by atoms with Gasteiger partial charge in [-0.05, 0) is 18.6 Å². The molecule has 1 aromatic heterocycles. The molecule has 1 aromatic rings. The van der Waals surface area contributed by atoms with Gasteiger partial charge in [0.1, 0.15) is 0 Å². The van der Waals surface area contributed by atoms with Gasteiger partial charge in [-0.2, -0.15) is 4.31 Å². The van der Waals surface area contributed by atoms with Crippen LogP contribution in [0.25, 0.3) is 0 Å². The molecule has 17 heavy (non-hydrogen) atoms. The predicted molar refractivity (Wildman–Crippen MR) is 58.3 cm³/mol. The molecule has 94 valence electrons. The largest absolute Gasteiger partial charge is 0.440 e. The van der Waals surface area contributed by atoms with Gasteiger partial charge in [-0.1, -0.05) is 0 Å². The van der Waals surface area contributed by atoms with E-state index in [0.717, 1.165) is 0 Å². The molecule has 1 saturated heterocycles. The number of nitrogens with zero attached hydrogens (tertiary/aromatic N) is 1. The highest BCUT2D eigenvalue weighted by atomic mass is 32.2. The Bertz CT molecular complexity index is 485. The SMILES string of the molecule is O=Cc1ccc(S(=O)(=O)N2CCCOCC2)o1. The summed E-state index contributed by atoms with van der Waals surface area (Å²) in [5, 5.41) is -0.193. The smallest absolute Gasteiger partial charge is 0.276 e. The van der Waals surface area contributed by atoms with Crippen LogP contribution in [0.3, 0.4) is 0 Å². The second-order valence-electron chi connectivity index (χ2n) is 3.64. The van der Waals surface area contributed by atoms with Crippen molar-refractivity contribution in [2.45, 2.75) is 11.5 Å². The second-order valence-corrected chi connectivity index (χ2v) is 5.51. The third-order valence-corrected chi connectivity index (χ3v) is 4.27. The molecule has 0 amide bonds. The minimum Gasteiger partial charge on any atom is -0.440 e. The van der Waals surface area contributed by atoms with Crippen LogP contribution in [-0.2, 0) is 14.8 Å². The number of aldehydes is 1. The number of carbonyl (C=O) groups is 1. The van der Waals surface area contributed by atoms with Crippen molar-refractivity contribution >= 4 is 16.3 Å². The van der Waals surface area contributed by atoms with E-state index in [9.17, 15) is 13.2 Å². The molecule has 0 bridgehead atoms. The van der Waals surface area contributed by atoms with E-state index in [2.05, 4.69) is 0 Å². The summed E-state index contributed by atoms with van der Waals surface area (Å²) in [7, 11) is -3.65. The Hall–Kier alpha value is -1.18. The third-order valence-electron chi connectivity index (χ3n) is 2.49. The highest BCUT2D eigenvalue weighted by molar-refractivity contribution is 7.89. The molecule has 0 spiro atoms. The average molecular weight is 259 g/mol. The van der Waals surface area contributed by atoms with Crippen molar-refractivity contribution in [1.82, 2.24) is 4.31 Å². The molecule has 7 heteroatoms. The first kappa shape index (κ1) is 12.3. The van der Waals surface area contributed by atoms with E-state index < -0.39 is 10.0 Å². The Morgan fingerprint density at radius 2 is 2.06 bits per heavy atom. The Morgan fingerprint density at radius 1 is 1.24 bits per heavy atom. The van der Waals surface area contributed by atoms with E-state index in [0.29, 0.717) is 39.0 Å². The number of carbonyl (C=O) groups excluding carboxylic acids is 1. The summed E-state index contributed by atoms with van der Waals surface area (Å²) >= 11 is 0. The van der Waals surface area contributed by atoms with Crippen molar-refractivity contribution in [3.8, 4) is 0 Å². The maximum Gasteiger partial charge on any atom is 0.276 e. The number of ether oxygens (including phenoxy) is 1. The van der Waals surface area contributed by atoms with Gasteiger partial charge >= 0.3 is 0 Å². The molecular formula is C10H13NO5S. The minimum absolute atomic E-state index is 0.00893. The molecule has 0 radical (unpaired) electrons. The lowest BCUT2D eigenvalue weighted by molar-refractivity contribution is 0.109. The second kappa shape index (κ2) is 4.99. The van der Waals surface area contributed by atoms with E-state index in [1.165, 1.54) is 16.4 Å². The molecule has 0 N–H and O–H groups in total. The van der Waals surface area contributed by atoms with Crippen LogP contribution >= 0.6 is 0 Å². The topological polar surface area (TPSA) is 76.8 Å². The Kier molecular flexibility index (Phi) is 3.60. The highest BCUT2D eigenvalue weighted by Gasteiger charge is 2.28. The van der Waals surface area contributed by atoms with Crippen LogP contribution in [0.4, 0.5) is 0 Å². The van der Waals surface area contributed by atoms with Crippen LogP contribution in [0, 0.1) is 0 Å². The van der Waals surface area contributed by atoms with E-state index in [-0.39, 0.29) is 10.9 Å². The number of hydrogen-bond donors (Lipinski definition) is 0. The van der Waals surface area contributed by atoms with Crippen molar-refractivity contribution < 1.29 is 22.4 Å². The molecule has 2 rings (SSSR count). The first-order valence-corrected chi connectivity index (χ1v) is 6.71. The molecule has 2 heterocycles. The number of furan rings is 1. The summed E-state index contributed by atoms with van der Waals surface area (Å²) in [6.45, 7) is 1.64. The van der Waals surface area contributed by atoms with Gasteiger partial charge in [-0.25, -0.2) is 8.42 Å². The normalized spacial score (nSPS) is 18.8. The lowest BCUT2D eigenvalue weighted by atomic mass is 10.5. The molecule has 0 aromatic carbocycles. The molecule has 6 nitrogen and oxygen atoms in total. The van der Waals surface area contributed by atoms with Crippen LogP contribution in [0.15, 0.2) is 21.6 Å². The van der Waals surface area contributed by atoms with Crippen LogP contribution in [0.2, 0.25) is 0 Å². The number of hydrogen-bond acceptors (Lipinski definition) is 5. The van der Waals surface area contributed by atoms with Gasteiger partial charge in [-0.15, -0.1) is 0 Å². The number of rotatable bonds is 3. The van der Waals surface area contributed by atoms with Crippen LogP contribution in [-0.4, -0.2) is 45.3 Å².